The van der Waals surface area contributed by atoms with Crippen LogP contribution in [0.3, 0.4) is 0 Å². The van der Waals surface area contributed by atoms with E-state index in [4.69, 9.17) is 9.47 Å². The fourth-order valence-corrected chi connectivity index (χ4v) is 2.84. The predicted molar refractivity (Wildman–Crippen MR) is 117 cm³/mol. The summed E-state index contributed by atoms with van der Waals surface area (Å²) in [4.78, 5) is 24.1. The van der Waals surface area contributed by atoms with Crippen LogP contribution in [-0.2, 0) is 9.47 Å². The standard InChI is InChI=1S/C25H36O4/c1-3-5-7-8-9-10-11-12-13-14-15-20-29-25(27)23-18-16-17-22(21-23)24(26)28-19-6-4-2/h16-18,21H,3-13,19-20H2,1-2H3. The monoisotopic (exact) mass is 400 g/mol. The van der Waals surface area contributed by atoms with Gasteiger partial charge in [-0.3, -0.25) is 0 Å². The maximum atomic E-state index is 12.1. The van der Waals surface area contributed by atoms with Crippen LogP contribution in [0.15, 0.2) is 24.3 Å². The number of carbonyl (C=O) groups is 2. The van der Waals surface area contributed by atoms with E-state index in [1.54, 1.807) is 18.2 Å². The van der Waals surface area contributed by atoms with Gasteiger partial charge in [-0.25, -0.2) is 9.59 Å². The molecule has 0 saturated heterocycles. The lowest BCUT2D eigenvalue weighted by Crippen LogP contribution is -2.10. The zero-order valence-electron chi connectivity index (χ0n) is 18.1. The topological polar surface area (TPSA) is 52.6 Å². The predicted octanol–water partition coefficient (Wildman–Crippen LogP) is 6.33. The lowest BCUT2D eigenvalue weighted by molar-refractivity contribution is 0.0499. The Morgan fingerprint density at radius 1 is 0.759 bits per heavy atom. The summed E-state index contributed by atoms with van der Waals surface area (Å²) in [7, 11) is 0. The largest absolute Gasteiger partial charge is 0.462 e. The first-order chi connectivity index (χ1) is 14.2. The Morgan fingerprint density at radius 2 is 1.34 bits per heavy atom. The maximum absolute atomic E-state index is 12.1. The Morgan fingerprint density at radius 3 is 2.00 bits per heavy atom. The zero-order chi connectivity index (χ0) is 21.2. The van der Waals surface area contributed by atoms with Crippen molar-refractivity contribution in [3.05, 3.63) is 35.4 Å². The summed E-state index contributed by atoms with van der Waals surface area (Å²) in [5.74, 6) is 5.06. The van der Waals surface area contributed by atoms with Crippen LogP contribution < -0.4 is 0 Å². The number of hydrogen-bond donors (Lipinski definition) is 0. The van der Waals surface area contributed by atoms with Crippen LogP contribution in [0, 0.1) is 11.8 Å². The number of ether oxygens (including phenoxy) is 2. The molecule has 0 radical (unpaired) electrons. The van der Waals surface area contributed by atoms with Crippen molar-refractivity contribution in [3.63, 3.8) is 0 Å². The van der Waals surface area contributed by atoms with E-state index >= 15 is 0 Å². The van der Waals surface area contributed by atoms with E-state index in [-0.39, 0.29) is 6.61 Å². The molecule has 0 N–H and O–H groups in total. The molecule has 0 heterocycles. The second-order valence-electron chi connectivity index (χ2n) is 7.22. The highest BCUT2D eigenvalue weighted by atomic mass is 16.5. The molecule has 0 aromatic heterocycles. The first-order valence-corrected chi connectivity index (χ1v) is 11.1. The molecule has 1 aromatic rings. The minimum Gasteiger partial charge on any atom is -0.462 e. The van der Waals surface area contributed by atoms with Gasteiger partial charge in [-0.05, 0) is 31.0 Å². The first kappa shape index (κ1) is 24.8. The highest BCUT2D eigenvalue weighted by Gasteiger charge is 2.12. The van der Waals surface area contributed by atoms with E-state index in [1.807, 2.05) is 6.92 Å². The molecule has 1 rings (SSSR count). The fourth-order valence-electron chi connectivity index (χ4n) is 2.84. The summed E-state index contributed by atoms with van der Waals surface area (Å²) < 4.78 is 10.3. The van der Waals surface area contributed by atoms with Crippen LogP contribution >= 0.6 is 0 Å². The van der Waals surface area contributed by atoms with Gasteiger partial charge >= 0.3 is 11.9 Å². The molecule has 160 valence electrons. The minimum atomic E-state index is -0.477. The molecule has 0 aliphatic heterocycles. The lowest BCUT2D eigenvalue weighted by Gasteiger charge is -2.05. The Kier molecular flexibility index (Phi) is 14.2. The molecule has 0 aliphatic rings. The zero-order valence-corrected chi connectivity index (χ0v) is 18.1. The Bertz CT molecular complexity index is 654. The van der Waals surface area contributed by atoms with Gasteiger partial charge in [-0.2, -0.15) is 0 Å². The van der Waals surface area contributed by atoms with Crippen molar-refractivity contribution in [1.29, 1.82) is 0 Å². The number of rotatable bonds is 14. The van der Waals surface area contributed by atoms with Gasteiger partial charge in [-0.15, -0.1) is 0 Å². The molecule has 0 amide bonds. The van der Waals surface area contributed by atoms with E-state index in [1.165, 1.54) is 51.0 Å². The molecule has 0 aliphatic carbocycles. The number of esters is 2. The number of hydrogen-bond acceptors (Lipinski definition) is 4. The Hall–Kier alpha value is -2.28. The molecule has 0 atom stereocenters. The van der Waals surface area contributed by atoms with Crippen molar-refractivity contribution >= 4 is 11.9 Å². The summed E-state index contributed by atoms with van der Waals surface area (Å²) in [6.07, 6.45) is 12.8. The highest BCUT2D eigenvalue weighted by Crippen LogP contribution is 2.10. The molecular formula is C25H36O4. The van der Waals surface area contributed by atoms with Crippen LogP contribution in [0.4, 0.5) is 0 Å². The van der Waals surface area contributed by atoms with Crippen molar-refractivity contribution in [2.75, 3.05) is 13.2 Å². The average molecular weight is 401 g/mol. The van der Waals surface area contributed by atoms with E-state index < -0.39 is 11.9 Å². The third-order valence-corrected chi connectivity index (χ3v) is 4.62. The summed E-state index contributed by atoms with van der Waals surface area (Å²) in [5.41, 5.74) is 0.691. The van der Waals surface area contributed by atoms with Crippen LogP contribution in [0.1, 0.15) is 105 Å². The number of unbranched alkanes of at least 4 members (excludes halogenated alkanes) is 9. The number of benzene rings is 1. The van der Waals surface area contributed by atoms with Crippen molar-refractivity contribution in [2.45, 2.75) is 84.5 Å². The number of carbonyl (C=O) groups excluding carboxylic acids is 2. The second-order valence-corrected chi connectivity index (χ2v) is 7.22. The molecule has 29 heavy (non-hydrogen) atoms. The third kappa shape index (κ3) is 12.0. The summed E-state index contributed by atoms with van der Waals surface area (Å²) in [6, 6.07) is 6.42. The molecule has 4 nitrogen and oxygen atoms in total. The fraction of sp³-hybridized carbons (Fsp3) is 0.600. The van der Waals surface area contributed by atoms with Crippen LogP contribution in [0.5, 0.6) is 0 Å². The van der Waals surface area contributed by atoms with Crippen molar-refractivity contribution in [2.24, 2.45) is 0 Å². The molecule has 0 fully saturated rings. The molecule has 0 spiro atoms. The molecular weight excluding hydrogens is 364 g/mol. The summed E-state index contributed by atoms with van der Waals surface area (Å²) in [6.45, 7) is 4.72. The molecule has 0 unspecified atom stereocenters. The van der Waals surface area contributed by atoms with E-state index in [2.05, 4.69) is 18.8 Å². The molecule has 4 heteroatoms. The third-order valence-electron chi connectivity index (χ3n) is 4.62. The smallest absolute Gasteiger partial charge is 0.339 e. The minimum absolute atomic E-state index is 0.0705. The van der Waals surface area contributed by atoms with Gasteiger partial charge in [0.05, 0.1) is 17.7 Å². The van der Waals surface area contributed by atoms with Gasteiger partial charge in [-0.1, -0.05) is 83.1 Å². The molecule has 0 saturated carbocycles. The van der Waals surface area contributed by atoms with Gasteiger partial charge in [0.25, 0.3) is 0 Å². The molecule has 1 aromatic carbocycles. The average Bonchev–Trinajstić information content (AvgIpc) is 2.74. The van der Waals surface area contributed by atoms with Gasteiger partial charge < -0.3 is 9.47 Å². The van der Waals surface area contributed by atoms with Crippen LogP contribution in [0.2, 0.25) is 0 Å². The van der Waals surface area contributed by atoms with Crippen LogP contribution in [0.25, 0.3) is 0 Å². The normalized spacial score (nSPS) is 10.1. The summed E-state index contributed by atoms with van der Waals surface area (Å²) in [5, 5.41) is 0. The maximum Gasteiger partial charge on any atom is 0.339 e. The van der Waals surface area contributed by atoms with Gasteiger partial charge in [0.1, 0.15) is 0 Å². The van der Waals surface area contributed by atoms with E-state index in [0.29, 0.717) is 17.7 Å². The Labute approximate surface area is 176 Å². The van der Waals surface area contributed by atoms with Crippen molar-refractivity contribution in [1.82, 2.24) is 0 Å². The first-order valence-electron chi connectivity index (χ1n) is 11.1. The highest BCUT2D eigenvalue weighted by molar-refractivity contribution is 5.95. The summed E-state index contributed by atoms with van der Waals surface area (Å²) >= 11 is 0. The quantitative estimate of drug-likeness (QED) is 0.208. The SMILES string of the molecule is CCCCCCCCCCC#CCOC(=O)c1cccc(C(=O)OCCCC)c1. The van der Waals surface area contributed by atoms with Crippen molar-refractivity contribution in [3.8, 4) is 11.8 Å². The molecule has 0 bridgehead atoms. The van der Waals surface area contributed by atoms with E-state index in [9.17, 15) is 9.59 Å². The van der Waals surface area contributed by atoms with Gasteiger partial charge in [0.2, 0.25) is 0 Å². The lowest BCUT2D eigenvalue weighted by atomic mass is 10.1. The van der Waals surface area contributed by atoms with Crippen LogP contribution in [-0.4, -0.2) is 25.2 Å². The van der Waals surface area contributed by atoms with Gasteiger partial charge in [0.15, 0.2) is 6.61 Å². The second kappa shape index (κ2) is 16.7. The van der Waals surface area contributed by atoms with E-state index in [0.717, 1.165) is 25.7 Å². The van der Waals surface area contributed by atoms with Crippen molar-refractivity contribution < 1.29 is 19.1 Å². The van der Waals surface area contributed by atoms with Gasteiger partial charge in [0, 0.05) is 6.42 Å². The Balaban J connectivity index is 2.23.